The van der Waals surface area contributed by atoms with Gasteiger partial charge >= 0.3 is 10.8 Å². The quantitative estimate of drug-likeness (QED) is 0.690. The lowest BCUT2D eigenvalue weighted by molar-refractivity contribution is -0.146. The van der Waals surface area contributed by atoms with Gasteiger partial charge in [-0.1, -0.05) is 23.5 Å². The van der Waals surface area contributed by atoms with E-state index in [1.54, 1.807) is 18.4 Å². The fourth-order valence-corrected chi connectivity index (χ4v) is 2.63. The van der Waals surface area contributed by atoms with Gasteiger partial charge in [-0.05, 0) is 19.1 Å². The zero-order valence-corrected chi connectivity index (χ0v) is 12.1. The van der Waals surface area contributed by atoms with Gasteiger partial charge in [0.2, 0.25) is 5.89 Å². The molecule has 21 heavy (non-hydrogen) atoms. The van der Waals surface area contributed by atoms with E-state index < -0.39 is 5.97 Å². The first kappa shape index (κ1) is 13.6. The highest BCUT2D eigenvalue weighted by molar-refractivity contribution is 7.07. The molecular weight excluding hydrogens is 292 g/mol. The lowest BCUT2D eigenvalue weighted by Gasteiger charge is -2.04. The number of carbonyl (C=O) groups excluding carboxylic acids is 1. The molecule has 108 valence electrons. The number of nitrogens with zero attached hydrogens (tertiary/aromatic N) is 2. The first-order chi connectivity index (χ1) is 10.1. The Balaban J connectivity index is 1.64. The maximum absolute atomic E-state index is 11.8. The van der Waals surface area contributed by atoms with Crippen LogP contribution >= 0.6 is 11.3 Å². The van der Waals surface area contributed by atoms with Crippen LogP contribution in [-0.2, 0) is 22.7 Å². The lowest BCUT2D eigenvalue weighted by atomic mass is 10.3. The van der Waals surface area contributed by atoms with Crippen LogP contribution in [0.2, 0.25) is 0 Å². The molecule has 3 rings (SSSR count). The third kappa shape index (κ3) is 2.87. The molecule has 0 aliphatic heterocycles. The zero-order chi connectivity index (χ0) is 14.8. The Kier molecular flexibility index (Phi) is 3.57. The van der Waals surface area contributed by atoms with Gasteiger partial charge in [0.05, 0.1) is 0 Å². The number of oxazole rings is 1. The molecule has 3 aromatic rings. The number of rotatable bonds is 4. The first-order valence-corrected chi connectivity index (χ1v) is 7.16. The zero-order valence-electron chi connectivity index (χ0n) is 11.2. The van der Waals surface area contributed by atoms with Crippen LogP contribution in [0, 0.1) is 6.92 Å². The van der Waals surface area contributed by atoms with Gasteiger partial charge in [0.15, 0.2) is 12.2 Å². The number of hydrogen-bond donors (Lipinski definition) is 0. The highest BCUT2D eigenvalue weighted by Gasteiger charge is 2.12. The molecule has 2 aromatic heterocycles. The van der Waals surface area contributed by atoms with Crippen LogP contribution in [0.1, 0.15) is 11.6 Å². The average Bonchev–Trinajstić information content (AvgIpc) is 3.03. The summed E-state index contributed by atoms with van der Waals surface area (Å²) in [6.45, 7) is 1.62. The topological polar surface area (TPSA) is 74.3 Å². The molecule has 0 bridgehead atoms. The molecule has 6 nitrogen and oxygen atoms in total. The molecule has 0 unspecified atom stereocenters. The van der Waals surface area contributed by atoms with E-state index in [1.807, 2.05) is 18.2 Å². The number of thiazole rings is 1. The standard InChI is InChI=1S/C14H12N2O4S/c1-9-8-21-14(18)16(9)6-13(17)19-7-12-15-10-4-2-3-5-11(10)20-12/h2-5,8H,6-7H2,1H3. The van der Waals surface area contributed by atoms with Crippen molar-refractivity contribution in [1.82, 2.24) is 9.55 Å². The second-order valence-electron chi connectivity index (χ2n) is 4.47. The number of fused-ring (bicyclic) bond motifs is 1. The molecule has 0 atom stereocenters. The average molecular weight is 304 g/mol. The van der Waals surface area contributed by atoms with Crippen molar-refractivity contribution in [2.45, 2.75) is 20.1 Å². The van der Waals surface area contributed by atoms with Crippen molar-refractivity contribution >= 4 is 28.4 Å². The molecule has 0 saturated carbocycles. The number of para-hydroxylation sites is 2. The normalized spacial score (nSPS) is 10.9. The molecule has 1 aromatic carbocycles. The van der Waals surface area contributed by atoms with E-state index in [9.17, 15) is 9.59 Å². The van der Waals surface area contributed by atoms with Crippen LogP contribution in [0.25, 0.3) is 11.1 Å². The molecule has 7 heteroatoms. The van der Waals surface area contributed by atoms with Gasteiger partial charge in [0.1, 0.15) is 12.1 Å². The van der Waals surface area contributed by atoms with Gasteiger partial charge in [-0.3, -0.25) is 14.2 Å². The fraction of sp³-hybridized carbons (Fsp3) is 0.214. The van der Waals surface area contributed by atoms with Crippen molar-refractivity contribution in [3.8, 4) is 0 Å². The second kappa shape index (κ2) is 5.53. The summed E-state index contributed by atoms with van der Waals surface area (Å²) < 4.78 is 11.9. The van der Waals surface area contributed by atoms with E-state index in [-0.39, 0.29) is 18.0 Å². The van der Waals surface area contributed by atoms with Crippen LogP contribution in [0.5, 0.6) is 0 Å². The molecule has 0 spiro atoms. The van der Waals surface area contributed by atoms with Crippen LogP contribution < -0.4 is 4.87 Å². The molecule has 2 heterocycles. The molecular formula is C14H12N2O4S. The number of aromatic nitrogens is 2. The van der Waals surface area contributed by atoms with E-state index in [0.717, 1.165) is 17.0 Å². The maximum Gasteiger partial charge on any atom is 0.326 e. The van der Waals surface area contributed by atoms with Crippen molar-refractivity contribution in [3.05, 3.63) is 50.9 Å². The van der Waals surface area contributed by atoms with Gasteiger partial charge in [-0.15, -0.1) is 0 Å². The Morgan fingerprint density at radius 3 is 2.95 bits per heavy atom. The molecule has 0 fully saturated rings. The van der Waals surface area contributed by atoms with Gasteiger partial charge in [-0.25, -0.2) is 4.98 Å². The van der Waals surface area contributed by atoms with Crippen molar-refractivity contribution < 1.29 is 13.9 Å². The number of carbonyl (C=O) groups is 1. The molecule has 0 amide bonds. The van der Waals surface area contributed by atoms with E-state index in [1.165, 1.54) is 4.57 Å². The van der Waals surface area contributed by atoms with Gasteiger partial charge in [-0.2, -0.15) is 0 Å². The lowest BCUT2D eigenvalue weighted by Crippen LogP contribution is -2.22. The van der Waals surface area contributed by atoms with Crippen molar-refractivity contribution in [3.63, 3.8) is 0 Å². The number of benzene rings is 1. The third-order valence-electron chi connectivity index (χ3n) is 2.96. The summed E-state index contributed by atoms with van der Waals surface area (Å²) >= 11 is 1.06. The Hall–Kier alpha value is -2.41. The predicted molar refractivity (Wildman–Crippen MR) is 77.1 cm³/mol. The Bertz CT molecular complexity index is 813. The van der Waals surface area contributed by atoms with Crippen molar-refractivity contribution in [1.29, 1.82) is 0 Å². The monoisotopic (exact) mass is 304 g/mol. The summed E-state index contributed by atoms with van der Waals surface area (Å²) in [5.41, 5.74) is 2.10. The largest absolute Gasteiger partial charge is 0.454 e. The Labute approximate surface area is 123 Å². The van der Waals surface area contributed by atoms with Crippen LogP contribution in [0.4, 0.5) is 0 Å². The molecule has 0 aliphatic rings. The Morgan fingerprint density at radius 1 is 1.43 bits per heavy atom. The van der Waals surface area contributed by atoms with Gasteiger partial charge < -0.3 is 9.15 Å². The molecule has 0 aliphatic carbocycles. The van der Waals surface area contributed by atoms with Crippen LogP contribution in [-0.4, -0.2) is 15.5 Å². The van der Waals surface area contributed by atoms with Crippen molar-refractivity contribution in [2.75, 3.05) is 0 Å². The Morgan fingerprint density at radius 2 is 2.24 bits per heavy atom. The summed E-state index contributed by atoms with van der Waals surface area (Å²) in [5.74, 6) is -0.167. The highest BCUT2D eigenvalue weighted by Crippen LogP contribution is 2.15. The number of esters is 1. The molecule has 0 saturated heterocycles. The summed E-state index contributed by atoms with van der Waals surface area (Å²) in [4.78, 5) is 27.3. The van der Waals surface area contributed by atoms with Gasteiger partial charge in [0, 0.05) is 11.1 Å². The highest BCUT2D eigenvalue weighted by atomic mass is 32.1. The predicted octanol–water partition coefficient (Wildman–Crippen LogP) is 2.10. The molecule has 0 radical (unpaired) electrons. The van der Waals surface area contributed by atoms with E-state index in [4.69, 9.17) is 9.15 Å². The van der Waals surface area contributed by atoms with Crippen molar-refractivity contribution in [2.24, 2.45) is 0 Å². The second-order valence-corrected chi connectivity index (χ2v) is 5.29. The summed E-state index contributed by atoms with van der Waals surface area (Å²) in [6, 6.07) is 7.31. The summed E-state index contributed by atoms with van der Waals surface area (Å²) in [7, 11) is 0. The summed E-state index contributed by atoms with van der Waals surface area (Å²) in [5, 5.41) is 1.70. The minimum atomic E-state index is -0.499. The fourth-order valence-electron chi connectivity index (χ4n) is 1.89. The minimum Gasteiger partial charge on any atom is -0.454 e. The van der Waals surface area contributed by atoms with E-state index in [0.29, 0.717) is 17.0 Å². The first-order valence-electron chi connectivity index (χ1n) is 6.28. The van der Waals surface area contributed by atoms with Gasteiger partial charge in [0.25, 0.3) is 0 Å². The number of hydrogen-bond acceptors (Lipinski definition) is 6. The smallest absolute Gasteiger partial charge is 0.326 e. The SMILES string of the molecule is Cc1csc(=O)n1CC(=O)OCc1nc2ccccc2o1. The third-order valence-corrected chi connectivity index (χ3v) is 3.84. The van der Waals surface area contributed by atoms with E-state index in [2.05, 4.69) is 4.98 Å². The number of ether oxygens (including phenoxy) is 1. The minimum absolute atomic E-state index is 0.0502. The molecule has 0 N–H and O–H groups in total. The van der Waals surface area contributed by atoms with Crippen LogP contribution in [0.15, 0.2) is 38.9 Å². The number of aryl methyl sites for hydroxylation is 1. The summed E-state index contributed by atoms with van der Waals surface area (Å²) in [6.07, 6.45) is 0. The van der Waals surface area contributed by atoms with Crippen LogP contribution in [0.3, 0.4) is 0 Å². The van der Waals surface area contributed by atoms with E-state index >= 15 is 0 Å². The maximum atomic E-state index is 11.8.